The van der Waals surface area contributed by atoms with Gasteiger partial charge in [-0.1, -0.05) is 44.2 Å². The summed E-state index contributed by atoms with van der Waals surface area (Å²) in [6.45, 7) is 4.00. The fraction of sp³-hybridized carbons (Fsp3) is 0.429. The summed E-state index contributed by atoms with van der Waals surface area (Å²) in [7, 11) is 1.69. The van der Waals surface area contributed by atoms with Crippen LogP contribution in [0.3, 0.4) is 0 Å². The quantitative estimate of drug-likeness (QED) is 0.376. The zero-order valence-electron chi connectivity index (χ0n) is 22.8. The molecule has 4 rings (SSSR count). The van der Waals surface area contributed by atoms with E-state index in [2.05, 4.69) is 31.2 Å². The lowest BCUT2D eigenvalue weighted by atomic mass is 10.00. The maximum Gasteiger partial charge on any atom is 0.287 e. The van der Waals surface area contributed by atoms with E-state index in [0.29, 0.717) is 32.2 Å². The van der Waals surface area contributed by atoms with Crippen LogP contribution in [0.4, 0.5) is 0 Å². The number of rotatable bonds is 5. The molecule has 2 aromatic heterocycles. The lowest BCUT2D eigenvalue weighted by molar-refractivity contribution is -0.131. The summed E-state index contributed by atoms with van der Waals surface area (Å²) in [6.07, 6.45) is 6.16. The Morgan fingerprint density at radius 2 is 1.90 bits per heavy atom. The van der Waals surface area contributed by atoms with Crippen LogP contribution in [0.25, 0.3) is 0 Å². The number of hydrogen-bond acceptors (Lipinski definition) is 7. The van der Waals surface area contributed by atoms with Crippen LogP contribution in [0, 0.1) is 5.92 Å². The van der Waals surface area contributed by atoms with Gasteiger partial charge in [-0.25, -0.2) is 9.97 Å². The SMILES string of the molecule is CC(C)[C@@H]1NC(=O)[C@@H](NC(=O)c2nccn2C)CCCCNC(=O)c2coc(n2)[C@@H](Cc2ccccc2)NC1=O. The highest BCUT2D eigenvalue weighted by Gasteiger charge is 2.32. The highest BCUT2D eigenvalue weighted by atomic mass is 16.3. The molecule has 12 nitrogen and oxygen atoms in total. The molecule has 1 aromatic carbocycles. The summed E-state index contributed by atoms with van der Waals surface area (Å²) in [5.74, 6) is -1.73. The second kappa shape index (κ2) is 13.0. The van der Waals surface area contributed by atoms with E-state index in [1.165, 1.54) is 12.5 Å². The second-order valence-electron chi connectivity index (χ2n) is 10.2. The maximum atomic E-state index is 13.6. The summed E-state index contributed by atoms with van der Waals surface area (Å²) in [4.78, 5) is 61.0. The van der Waals surface area contributed by atoms with E-state index in [0.717, 1.165) is 5.56 Å². The molecule has 0 spiro atoms. The van der Waals surface area contributed by atoms with Crippen LogP contribution in [-0.2, 0) is 23.1 Å². The van der Waals surface area contributed by atoms with E-state index < -0.39 is 41.8 Å². The highest BCUT2D eigenvalue weighted by Crippen LogP contribution is 2.20. The van der Waals surface area contributed by atoms with Crippen molar-refractivity contribution in [1.82, 2.24) is 35.8 Å². The lowest BCUT2D eigenvalue weighted by Gasteiger charge is -2.27. The molecule has 2 bridgehead atoms. The minimum absolute atomic E-state index is 0.114. The summed E-state index contributed by atoms with van der Waals surface area (Å²) in [6, 6.07) is 6.99. The molecular weight excluding hydrogens is 514 g/mol. The van der Waals surface area contributed by atoms with Crippen molar-refractivity contribution in [2.75, 3.05) is 6.54 Å². The molecule has 4 N–H and O–H groups in total. The fourth-order valence-corrected chi connectivity index (χ4v) is 4.49. The third-order valence-electron chi connectivity index (χ3n) is 6.75. The largest absolute Gasteiger partial charge is 0.446 e. The Morgan fingerprint density at radius 3 is 2.60 bits per heavy atom. The molecule has 0 fully saturated rings. The summed E-state index contributed by atoms with van der Waals surface area (Å²) in [5.41, 5.74) is 1.04. The van der Waals surface area contributed by atoms with Gasteiger partial charge in [-0.05, 0) is 30.7 Å². The number of aromatic nitrogens is 3. The van der Waals surface area contributed by atoms with Gasteiger partial charge in [0.1, 0.15) is 24.4 Å². The normalized spacial score (nSPS) is 20.9. The number of fused-ring (bicyclic) bond motifs is 2. The number of carbonyl (C=O) groups is 4. The van der Waals surface area contributed by atoms with Crippen LogP contribution in [0.1, 0.15) is 71.7 Å². The number of hydrogen-bond donors (Lipinski definition) is 4. The minimum Gasteiger partial charge on any atom is -0.446 e. The van der Waals surface area contributed by atoms with Crippen LogP contribution < -0.4 is 21.3 Å². The van der Waals surface area contributed by atoms with Crippen molar-refractivity contribution in [2.45, 2.75) is 57.7 Å². The van der Waals surface area contributed by atoms with Crippen LogP contribution >= 0.6 is 0 Å². The molecule has 4 amide bonds. The zero-order chi connectivity index (χ0) is 28.6. The van der Waals surface area contributed by atoms with E-state index in [4.69, 9.17) is 4.42 Å². The van der Waals surface area contributed by atoms with Gasteiger partial charge in [-0.15, -0.1) is 0 Å². The van der Waals surface area contributed by atoms with E-state index in [1.807, 2.05) is 44.2 Å². The first-order chi connectivity index (χ1) is 19.2. The van der Waals surface area contributed by atoms with Crippen molar-refractivity contribution in [3.63, 3.8) is 0 Å². The molecule has 212 valence electrons. The molecule has 0 saturated heterocycles. The molecule has 3 atom stereocenters. The Balaban J connectivity index is 1.60. The van der Waals surface area contributed by atoms with Crippen molar-refractivity contribution in [1.29, 1.82) is 0 Å². The number of imidazole rings is 1. The van der Waals surface area contributed by atoms with Gasteiger partial charge in [-0.3, -0.25) is 19.2 Å². The molecule has 0 unspecified atom stereocenters. The predicted molar refractivity (Wildman–Crippen MR) is 145 cm³/mol. The van der Waals surface area contributed by atoms with Gasteiger partial charge in [0, 0.05) is 32.4 Å². The number of carbonyl (C=O) groups excluding carboxylic acids is 4. The van der Waals surface area contributed by atoms with Crippen molar-refractivity contribution in [2.24, 2.45) is 13.0 Å². The Kier molecular flexibility index (Phi) is 9.31. The number of nitrogens with zero attached hydrogens (tertiary/aromatic N) is 3. The molecule has 40 heavy (non-hydrogen) atoms. The lowest BCUT2D eigenvalue weighted by Crippen LogP contribution is -2.56. The standard InChI is InChI=1S/C28H35N7O5/c1-17(2)22-26(38)32-20(15-18-9-5-4-6-10-18)28-33-21(16-40-28)24(36)30-12-8-7-11-19(25(37)34-22)31-27(39)23-29-13-14-35(23)3/h4-6,9-10,13-14,16-17,19-20,22H,7-8,11-12,15H2,1-3H3,(H,30,36)(H,31,39)(H,32,38)(H,34,37)/t19-,20+,22-/m0/s1. The Hall–Kier alpha value is -4.48. The predicted octanol–water partition coefficient (Wildman–Crippen LogP) is 1.66. The van der Waals surface area contributed by atoms with Crippen LogP contribution in [-0.4, -0.2) is 56.8 Å². The molecule has 3 heterocycles. The molecular formula is C28H35N7O5. The Morgan fingerprint density at radius 1 is 1.12 bits per heavy atom. The number of aryl methyl sites for hydroxylation is 1. The van der Waals surface area contributed by atoms with Gasteiger partial charge < -0.3 is 30.3 Å². The number of benzene rings is 1. The van der Waals surface area contributed by atoms with E-state index in [-0.39, 0.29) is 23.3 Å². The van der Waals surface area contributed by atoms with Gasteiger partial charge in [0.05, 0.1) is 0 Å². The van der Waals surface area contributed by atoms with Crippen molar-refractivity contribution >= 4 is 23.6 Å². The average molecular weight is 550 g/mol. The Bertz CT molecular complexity index is 1330. The van der Waals surface area contributed by atoms with E-state index in [9.17, 15) is 19.2 Å². The van der Waals surface area contributed by atoms with Gasteiger partial charge in [0.15, 0.2) is 11.5 Å². The van der Waals surface area contributed by atoms with E-state index >= 15 is 0 Å². The van der Waals surface area contributed by atoms with Crippen LogP contribution in [0.15, 0.2) is 53.4 Å². The van der Waals surface area contributed by atoms with Crippen LogP contribution in [0.2, 0.25) is 0 Å². The molecule has 12 heteroatoms. The van der Waals surface area contributed by atoms with E-state index in [1.54, 1.807) is 17.8 Å². The van der Waals surface area contributed by atoms with Crippen molar-refractivity contribution in [3.8, 4) is 0 Å². The topological polar surface area (TPSA) is 160 Å². The maximum absolute atomic E-state index is 13.6. The highest BCUT2D eigenvalue weighted by molar-refractivity contribution is 5.96. The molecule has 3 aromatic rings. The first-order valence-electron chi connectivity index (χ1n) is 13.4. The molecule has 1 aliphatic rings. The third-order valence-corrected chi connectivity index (χ3v) is 6.75. The monoisotopic (exact) mass is 549 g/mol. The van der Waals surface area contributed by atoms with Gasteiger partial charge in [0.25, 0.3) is 11.8 Å². The first-order valence-corrected chi connectivity index (χ1v) is 13.4. The van der Waals surface area contributed by atoms with Gasteiger partial charge in [0.2, 0.25) is 17.7 Å². The first kappa shape index (κ1) is 28.5. The van der Waals surface area contributed by atoms with Crippen molar-refractivity contribution < 1.29 is 23.6 Å². The smallest absolute Gasteiger partial charge is 0.287 e. The average Bonchev–Trinajstić information content (AvgIpc) is 3.59. The minimum atomic E-state index is -0.909. The van der Waals surface area contributed by atoms with Gasteiger partial charge >= 0.3 is 0 Å². The number of oxazole rings is 1. The molecule has 1 aliphatic heterocycles. The second-order valence-corrected chi connectivity index (χ2v) is 10.2. The molecule has 0 saturated carbocycles. The number of amides is 4. The summed E-state index contributed by atoms with van der Waals surface area (Å²) in [5, 5.41) is 11.4. The zero-order valence-corrected chi connectivity index (χ0v) is 22.8. The molecule has 0 radical (unpaired) electrons. The van der Waals surface area contributed by atoms with Gasteiger partial charge in [-0.2, -0.15) is 0 Å². The summed E-state index contributed by atoms with van der Waals surface area (Å²) >= 11 is 0. The Labute approximate surface area is 232 Å². The third kappa shape index (κ3) is 7.13. The van der Waals surface area contributed by atoms with Crippen LogP contribution in [0.5, 0.6) is 0 Å². The number of nitrogens with one attached hydrogen (secondary N) is 4. The van der Waals surface area contributed by atoms with Crippen molar-refractivity contribution in [3.05, 3.63) is 72.0 Å². The summed E-state index contributed by atoms with van der Waals surface area (Å²) < 4.78 is 7.20. The molecule has 0 aliphatic carbocycles. The fourth-order valence-electron chi connectivity index (χ4n) is 4.49.